The summed E-state index contributed by atoms with van der Waals surface area (Å²) in [5.74, 6) is 0.631. The fraction of sp³-hybridized carbons (Fsp3) is 0.556. The molecule has 3 aliphatic heterocycles. The van der Waals surface area contributed by atoms with Crippen LogP contribution in [-0.4, -0.2) is 82.5 Å². The van der Waals surface area contributed by atoms with Gasteiger partial charge in [-0.15, -0.1) is 0 Å². The number of likely N-dealkylation sites (tertiary alicyclic amines) is 1. The maximum atomic E-state index is 12.9. The monoisotopic (exact) mass is 407 g/mol. The Balaban J connectivity index is 1.32. The molecule has 0 bridgehead atoms. The number of hydrogen-bond donors (Lipinski definition) is 1. The Morgan fingerprint density at radius 3 is 2.46 bits per heavy atom. The molecule has 3 aliphatic rings. The largest absolute Gasteiger partial charge is 0.465 e. The molecule has 2 amide bonds. The first-order chi connectivity index (χ1) is 13.5. The molecule has 1 aromatic heterocycles. The molecule has 1 N–H and O–H groups in total. The Morgan fingerprint density at radius 2 is 1.82 bits per heavy atom. The predicted molar refractivity (Wildman–Crippen MR) is 103 cm³/mol. The number of aromatic nitrogens is 1. The highest BCUT2D eigenvalue weighted by Gasteiger charge is 2.45. The van der Waals surface area contributed by atoms with Crippen molar-refractivity contribution in [1.29, 1.82) is 0 Å². The highest BCUT2D eigenvalue weighted by molar-refractivity contribution is 6.39. The van der Waals surface area contributed by atoms with E-state index < -0.39 is 11.7 Å². The smallest absolute Gasteiger partial charge is 0.407 e. The quantitative estimate of drug-likeness (QED) is 0.800. The number of anilines is 1. The average molecular weight is 408 g/mol. The molecular weight excluding hydrogens is 386 g/mol. The number of rotatable bonds is 2. The van der Waals surface area contributed by atoms with Crippen molar-refractivity contribution in [3.05, 3.63) is 23.4 Å². The van der Waals surface area contributed by atoms with Crippen LogP contribution < -0.4 is 4.90 Å². The highest BCUT2D eigenvalue weighted by atomic mass is 35.5. The molecule has 0 aliphatic carbocycles. The number of hydrogen-bond acceptors (Lipinski definition) is 6. The maximum Gasteiger partial charge on any atom is 0.407 e. The number of carbonyl (C=O) groups excluding carboxylic acids is 1. The molecule has 28 heavy (non-hydrogen) atoms. The molecule has 1 aromatic rings. The summed E-state index contributed by atoms with van der Waals surface area (Å²) < 4.78 is 0. The van der Waals surface area contributed by atoms with Crippen molar-refractivity contribution in [3.63, 3.8) is 0 Å². The molecule has 4 heterocycles. The van der Waals surface area contributed by atoms with E-state index >= 15 is 0 Å². The van der Waals surface area contributed by atoms with Gasteiger partial charge in [-0.2, -0.15) is 0 Å². The number of carbonyl (C=O) groups is 2. The first kappa shape index (κ1) is 18.8. The minimum absolute atomic E-state index is 0.107. The van der Waals surface area contributed by atoms with Crippen LogP contribution in [0.5, 0.6) is 0 Å². The highest BCUT2D eigenvalue weighted by Crippen LogP contribution is 2.35. The van der Waals surface area contributed by atoms with Gasteiger partial charge in [0.25, 0.3) is 5.91 Å². The summed E-state index contributed by atoms with van der Waals surface area (Å²) in [5, 5.41) is 13.7. The van der Waals surface area contributed by atoms with Crippen LogP contribution in [0.4, 0.5) is 10.6 Å². The van der Waals surface area contributed by atoms with Crippen molar-refractivity contribution in [2.75, 3.05) is 44.2 Å². The van der Waals surface area contributed by atoms with Gasteiger partial charge in [0, 0.05) is 64.7 Å². The van der Waals surface area contributed by atoms with E-state index in [1.54, 1.807) is 23.2 Å². The summed E-state index contributed by atoms with van der Waals surface area (Å²) >= 11 is 6.21. The Hall–Kier alpha value is -2.55. The second-order valence-electron chi connectivity index (χ2n) is 7.35. The van der Waals surface area contributed by atoms with Crippen LogP contribution in [-0.2, 0) is 9.63 Å². The number of piperazine rings is 1. The maximum absolute atomic E-state index is 12.9. The van der Waals surface area contributed by atoms with Gasteiger partial charge in [-0.3, -0.25) is 4.79 Å². The molecule has 0 aromatic carbocycles. The van der Waals surface area contributed by atoms with Gasteiger partial charge in [0.15, 0.2) is 0 Å². The lowest BCUT2D eigenvalue weighted by Crippen LogP contribution is -2.51. The Bertz CT molecular complexity index is 801. The first-order valence-corrected chi connectivity index (χ1v) is 9.73. The standard InChI is InChI=1S/C18H22ClN5O4/c19-13-2-1-5-20-15(13)22-8-10-23(11-9-22)16(25)14-12-18(28-21-14)3-6-24(7-4-18)17(26)27/h1-2,5H,3-4,6-12H2,(H,26,27). The summed E-state index contributed by atoms with van der Waals surface area (Å²) in [6, 6.07) is 3.60. The lowest BCUT2D eigenvalue weighted by molar-refractivity contribution is -0.124. The van der Waals surface area contributed by atoms with Crippen LogP contribution in [0, 0.1) is 0 Å². The van der Waals surface area contributed by atoms with Crippen molar-refractivity contribution >= 4 is 35.1 Å². The summed E-state index contributed by atoms with van der Waals surface area (Å²) in [5.41, 5.74) is -0.117. The second-order valence-corrected chi connectivity index (χ2v) is 7.75. The molecule has 4 rings (SSSR count). The van der Waals surface area contributed by atoms with E-state index in [2.05, 4.69) is 15.0 Å². The Labute approximate surface area is 167 Å². The van der Waals surface area contributed by atoms with Crippen LogP contribution >= 0.6 is 11.6 Å². The van der Waals surface area contributed by atoms with E-state index in [1.165, 1.54) is 4.90 Å². The van der Waals surface area contributed by atoms with Crippen molar-refractivity contribution in [1.82, 2.24) is 14.8 Å². The molecule has 0 saturated carbocycles. The Morgan fingerprint density at radius 1 is 1.11 bits per heavy atom. The van der Waals surface area contributed by atoms with Crippen molar-refractivity contribution in [2.24, 2.45) is 5.16 Å². The van der Waals surface area contributed by atoms with Crippen LogP contribution in [0.2, 0.25) is 5.02 Å². The molecule has 2 saturated heterocycles. The van der Waals surface area contributed by atoms with Gasteiger partial charge in [-0.25, -0.2) is 9.78 Å². The molecule has 1 spiro atoms. The predicted octanol–water partition coefficient (Wildman–Crippen LogP) is 1.67. The van der Waals surface area contributed by atoms with E-state index in [0.717, 1.165) is 5.82 Å². The molecule has 0 atom stereocenters. The van der Waals surface area contributed by atoms with Gasteiger partial charge in [0.05, 0.1) is 5.02 Å². The van der Waals surface area contributed by atoms with E-state index in [-0.39, 0.29) is 5.91 Å². The van der Waals surface area contributed by atoms with E-state index in [1.807, 2.05) is 0 Å². The van der Waals surface area contributed by atoms with Gasteiger partial charge in [0.2, 0.25) is 0 Å². The molecule has 2 fully saturated rings. The number of amides is 2. The first-order valence-electron chi connectivity index (χ1n) is 9.35. The lowest BCUT2D eigenvalue weighted by Gasteiger charge is -2.36. The number of pyridine rings is 1. The van der Waals surface area contributed by atoms with E-state index in [4.69, 9.17) is 21.5 Å². The van der Waals surface area contributed by atoms with Crippen LogP contribution in [0.15, 0.2) is 23.5 Å². The zero-order valence-corrected chi connectivity index (χ0v) is 16.1. The van der Waals surface area contributed by atoms with Gasteiger partial charge in [-0.05, 0) is 12.1 Å². The third kappa shape index (κ3) is 3.58. The molecule has 0 unspecified atom stereocenters. The fourth-order valence-electron chi connectivity index (χ4n) is 3.92. The summed E-state index contributed by atoms with van der Waals surface area (Å²) in [4.78, 5) is 39.1. The number of nitrogens with zero attached hydrogens (tertiary/aromatic N) is 5. The van der Waals surface area contributed by atoms with Crippen LogP contribution in [0.3, 0.4) is 0 Å². The third-order valence-corrected chi connectivity index (χ3v) is 5.93. The molecule has 150 valence electrons. The van der Waals surface area contributed by atoms with E-state index in [0.29, 0.717) is 69.3 Å². The fourth-order valence-corrected chi connectivity index (χ4v) is 4.16. The van der Waals surface area contributed by atoms with Gasteiger partial charge >= 0.3 is 6.09 Å². The zero-order valence-electron chi connectivity index (χ0n) is 15.4. The number of piperidine rings is 1. The summed E-state index contributed by atoms with van der Waals surface area (Å²) in [6.07, 6.45) is 2.32. The van der Waals surface area contributed by atoms with Crippen molar-refractivity contribution in [3.8, 4) is 0 Å². The molecule has 0 radical (unpaired) electrons. The van der Waals surface area contributed by atoms with Gasteiger partial charge < -0.3 is 24.6 Å². The molecular formula is C18H22ClN5O4. The third-order valence-electron chi connectivity index (χ3n) is 5.64. The topological polar surface area (TPSA) is 98.6 Å². The van der Waals surface area contributed by atoms with Gasteiger partial charge in [0.1, 0.15) is 17.1 Å². The average Bonchev–Trinajstić information content (AvgIpc) is 3.12. The number of carboxylic acid groups (broad SMARTS) is 1. The van der Waals surface area contributed by atoms with Gasteiger partial charge in [-0.1, -0.05) is 16.8 Å². The van der Waals surface area contributed by atoms with Crippen LogP contribution in [0.1, 0.15) is 19.3 Å². The SMILES string of the molecule is O=C(O)N1CCC2(CC1)CC(C(=O)N1CCN(c3ncccc3Cl)CC1)=NO2. The van der Waals surface area contributed by atoms with E-state index in [9.17, 15) is 9.59 Å². The van der Waals surface area contributed by atoms with Crippen molar-refractivity contribution < 1.29 is 19.5 Å². The minimum Gasteiger partial charge on any atom is -0.465 e. The summed E-state index contributed by atoms with van der Waals surface area (Å²) in [7, 11) is 0. The molecule has 9 nitrogen and oxygen atoms in total. The van der Waals surface area contributed by atoms with Crippen molar-refractivity contribution in [2.45, 2.75) is 24.9 Å². The van der Waals surface area contributed by atoms with Crippen LogP contribution in [0.25, 0.3) is 0 Å². The summed E-state index contributed by atoms with van der Waals surface area (Å²) in [6.45, 7) is 3.21. The normalized spacial score (nSPS) is 21.5. The molecule has 10 heteroatoms. The zero-order chi connectivity index (χ0) is 19.7. The lowest BCUT2D eigenvalue weighted by atomic mass is 9.86. The minimum atomic E-state index is -0.920. The second kappa shape index (κ2) is 7.46. The number of halogens is 1. The number of oxime groups is 1. The Kier molecular flexibility index (Phi) is 5.01.